The van der Waals surface area contributed by atoms with Gasteiger partial charge in [0.1, 0.15) is 5.15 Å². The molecule has 0 bridgehead atoms. The highest BCUT2D eigenvalue weighted by Gasteiger charge is 2.17. The van der Waals surface area contributed by atoms with Crippen LogP contribution < -0.4 is 14.2 Å². The predicted molar refractivity (Wildman–Crippen MR) is 134 cm³/mol. The van der Waals surface area contributed by atoms with Crippen LogP contribution in [-0.4, -0.2) is 36.9 Å². The summed E-state index contributed by atoms with van der Waals surface area (Å²) in [5.41, 5.74) is 2.95. The predicted octanol–water partition coefficient (Wildman–Crippen LogP) is 5.97. The lowest BCUT2D eigenvalue weighted by atomic mass is 10.0. The minimum Gasteiger partial charge on any atom is -0.493 e. The second-order valence-corrected chi connectivity index (χ2v) is 8.06. The number of hydrogen-bond acceptors (Lipinski definition) is 5. The topological polar surface area (TPSA) is 62.6 Å². The molecular weight excluding hydrogens is 452 g/mol. The Hall–Kier alpha value is -3.77. The van der Waals surface area contributed by atoms with E-state index >= 15 is 0 Å². The van der Waals surface area contributed by atoms with Gasteiger partial charge >= 0.3 is 0 Å². The highest BCUT2D eigenvalue weighted by molar-refractivity contribution is 6.31. The number of rotatable bonds is 8. The number of halogens is 1. The van der Waals surface area contributed by atoms with Crippen LogP contribution in [0.3, 0.4) is 0 Å². The smallest absolute Gasteiger partial charge is 0.203 e. The molecule has 174 valence electrons. The third kappa shape index (κ3) is 4.50. The van der Waals surface area contributed by atoms with Crippen molar-refractivity contribution in [1.82, 2.24) is 9.78 Å². The van der Waals surface area contributed by atoms with Gasteiger partial charge in [-0.05, 0) is 47.5 Å². The van der Waals surface area contributed by atoms with Crippen LogP contribution in [0.15, 0.2) is 60.7 Å². The fraction of sp³-hybridized carbons (Fsp3) is 0.185. The van der Waals surface area contributed by atoms with Crippen LogP contribution in [0.2, 0.25) is 5.15 Å². The number of aromatic nitrogens is 2. The molecule has 7 heteroatoms. The second-order valence-electron chi connectivity index (χ2n) is 7.70. The number of benzene rings is 3. The first kappa shape index (κ1) is 23.4. The third-order valence-electron chi connectivity index (χ3n) is 5.66. The van der Waals surface area contributed by atoms with Gasteiger partial charge in [-0.25, -0.2) is 4.68 Å². The number of methoxy groups -OCH3 is 3. The SMILES string of the molecule is COc1cc(C(=O)C=Cc2c(C)nn(Cc3cccc4ccccc34)c2Cl)cc(OC)c1OC. The Labute approximate surface area is 203 Å². The Balaban J connectivity index is 1.62. The van der Waals surface area contributed by atoms with Crippen molar-refractivity contribution in [3.8, 4) is 17.2 Å². The summed E-state index contributed by atoms with van der Waals surface area (Å²) in [5.74, 6) is 1.03. The van der Waals surface area contributed by atoms with Crippen LogP contribution in [0.4, 0.5) is 0 Å². The van der Waals surface area contributed by atoms with Crippen LogP contribution in [-0.2, 0) is 6.54 Å². The molecule has 0 radical (unpaired) electrons. The Morgan fingerprint density at radius 2 is 1.68 bits per heavy atom. The van der Waals surface area contributed by atoms with E-state index < -0.39 is 0 Å². The molecule has 0 aliphatic heterocycles. The van der Waals surface area contributed by atoms with E-state index in [0.29, 0.717) is 40.1 Å². The summed E-state index contributed by atoms with van der Waals surface area (Å²) < 4.78 is 17.8. The van der Waals surface area contributed by atoms with Gasteiger partial charge in [0.15, 0.2) is 17.3 Å². The quantitative estimate of drug-likeness (QED) is 0.231. The zero-order valence-corrected chi connectivity index (χ0v) is 20.2. The summed E-state index contributed by atoms with van der Waals surface area (Å²) >= 11 is 6.68. The van der Waals surface area contributed by atoms with Crippen molar-refractivity contribution in [2.45, 2.75) is 13.5 Å². The van der Waals surface area contributed by atoms with Crippen LogP contribution in [0.1, 0.15) is 27.2 Å². The lowest BCUT2D eigenvalue weighted by molar-refractivity contribution is 0.104. The first-order chi connectivity index (χ1) is 16.5. The molecule has 3 aromatic carbocycles. The van der Waals surface area contributed by atoms with Gasteiger partial charge in [0.25, 0.3) is 0 Å². The molecule has 0 fully saturated rings. The molecule has 0 atom stereocenters. The normalized spacial score (nSPS) is 11.2. The van der Waals surface area contributed by atoms with Crippen LogP contribution in [0.5, 0.6) is 17.2 Å². The number of carbonyl (C=O) groups excluding carboxylic acids is 1. The maximum Gasteiger partial charge on any atom is 0.203 e. The number of allylic oxidation sites excluding steroid dienone is 1. The van der Waals surface area contributed by atoms with E-state index in [1.54, 1.807) is 22.9 Å². The van der Waals surface area contributed by atoms with Gasteiger partial charge < -0.3 is 14.2 Å². The molecule has 0 unspecified atom stereocenters. The number of ether oxygens (including phenoxy) is 3. The van der Waals surface area contributed by atoms with Crippen molar-refractivity contribution in [3.63, 3.8) is 0 Å². The van der Waals surface area contributed by atoms with E-state index in [9.17, 15) is 4.79 Å². The lowest BCUT2D eigenvalue weighted by Gasteiger charge is -2.13. The number of fused-ring (bicyclic) bond motifs is 1. The average molecular weight is 477 g/mol. The molecule has 1 heterocycles. The minimum atomic E-state index is -0.225. The van der Waals surface area contributed by atoms with E-state index in [2.05, 4.69) is 29.4 Å². The average Bonchev–Trinajstić information content (AvgIpc) is 3.13. The van der Waals surface area contributed by atoms with E-state index in [-0.39, 0.29) is 5.78 Å². The molecule has 0 aliphatic carbocycles. The standard InChI is InChI=1S/C27H25ClN2O4/c1-17-21(12-13-23(31)20-14-24(32-2)26(34-4)25(15-20)33-3)27(28)30(29-17)16-19-10-7-9-18-8-5-6-11-22(18)19/h5-15H,16H2,1-4H3. The number of nitrogens with zero attached hydrogens (tertiary/aromatic N) is 2. The largest absolute Gasteiger partial charge is 0.493 e. The monoisotopic (exact) mass is 476 g/mol. The van der Waals surface area contributed by atoms with Gasteiger partial charge in [-0.15, -0.1) is 0 Å². The summed E-state index contributed by atoms with van der Waals surface area (Å²) in [6.07, 6.45) is 3.16. The van der Waals surface area contributed by atoms with Gasteiger partial charge in [-0.3, -0.25) is 4.79 Å². The lowest BCUT2D eigenvalue weighted by Crippen LogP contribution is -2.02. The molecule has 4 aromatic rings. The summed E-state index contributed by atoms with van der Waals surface area (Å²) in [7, 11) is 4.53. The fourth-order valence-corrected chi connectivity index (χ4v) is 4.23. The summed E-state index contributed by atoms with van der Waals surface area (Å²) in [6.45, 7) is 2.39. The van der Waals surface area contributed by atoms with E-state index in [1.165, 1.54) is 27.4 Å². The van der Waals surface area contributed by atoms with E-state index in [1.807, 2.05) is 25.1 Å². The number of ketones is 1. The van der Waals surface area contributed by atoms with Crippen LogP contribution in [0, 0.1) is 6.92 Å². The molecule has 0 amide bonds. The molecule has 1 aromatic heterocycles. The number of aryl methyl sites for hydroxylation is 1. The highest BCUT2D eigenvalue weighted by atomic mass is 35.5. The summed E-state index contributed by atoms with van der Waals surface area (Å²) in [4.78, 5) is 12.9. The molecule has 0 saturated heterocycles. The zero-order chi connectivity index (χ0) is 24.2. The van der Waals surface area contributed by atoms with Crippen molar-refractivity contribution in [3.05, 3.63) is 88.2 Å². The molecule has 6 nitrogen and oxygen atoms in total. The van der Waals surface area contributed by atoms with Crippen molar-refractivity contribution in [2.24, 2.45) is 0 Å². The van der Waals surface area contributed by atoms with Crippen molar-refractivity contribution in [1.29, 1.82) is 0 Å². The fourth-order valence-electron chi connectivity index (χ4n) is 3.93. The van der Waals surface area contributed by atoms with E-state index in [0.717, 1.165) is 22.0 Å². The van der Waals surface area contributed by atoms with Crippen molar-refractivity contribution < 1.29 is 19.0 Å². The number of hydrogen-bond donors (Lipinski definition) is 0. The third-order valence-corrected chi connectivity index (χ3v) is 6.06. The summed E-state index contributed by atoms with van der Waals surface area (Å²) in [5, 5.41) is 7.40. The maximum atomic E-state index is 12.9. The van der Waals surface area contributed by atoms with Crippen molar-refractivity contribution in [2.75, 3.05) is 21.3 Å². The Bertz CT molecular complexity index is 1360. The minimum absolute atomic E-state index is 0.225. The Kier molecular flexibility index (Phi) is 6.89. The molecule has 0 aliphatic rings. The van der Waals surface area contributed by atoms with Crippen LogP contribution >= 0.6 is 11.6 Å². The van der Waals surface area contributed by atoms with E-state index in [4.69, 9.17) is 25.8 Å². The first-order valence-electron chi connectivity index (χ1n) is 10.7. The highest BCUT2D eigenvalue weighted by Crippen LogP contribution is 2.38. The van der Waals surface area contributed by atoms with Gasteiger partial charge in [-0.2, -0.15) is 5.10 Å². The molecule has 4 rings (SSSR count). The zero-order valence-electron chi connectivity index (χ0n) is 19.5. The van der Waals surface area contributed by atoms with Crippen LogP contribution in [0.25, 0.3) is 16.8 Å². The van der Waals surface area contributed by atoms with Gasteiger partial charge in [0.05, 0.1) is 33.6 Å². The molecule has 0 N–H and O–H groups in total. The van der Waals surface area contributed by atoms with Gasteiger partial charge in [-0.1, -0.05) is 54.1 Å². The second kappa shape index (κ2) is 10.0. The molecule has 0 saturated carbocycles. The maximum absolute atomic E-state index is 12.9. The van der Waals surface area contributed by atoms with Gasteiger partial charge in [0.2, 0.25) is 5.75 Å². The first-order valence-corrected chi connectivity index (χ1v) is 11.1. The molecule has 34 heavy (non-hydrogen) atoms. The molecular formula is C27H25ClN2O4. The molecule has 0 spiro atoms. The Morgan fingerprint density at radius 3 is 2.35 bits per heavy atom. The number of carbonyl (C=O) groups is 1. The Morgan fingerprint density at radius 1 is 1.00 bits per heavy atom. The summed E-state index contributed by atoms with van der Waals surface area (Å²) in [6, 6.07) is 17.6. The van der Waals surface area contributed by atoms with Crippen molar-refractivity contribution >= 4 is 34.2 Å². The van der Waals surface area contributed by atoms with Gasteiger partial charge in [0, 0.05) is 11.1 Å².